The summed E-state index contributed by atoms with van der Waals surface area (Å²) in [5.41, 5.74) is 1.82. The smallest absolute Gasteiger partial charge is 0.240 e. The van der Waals surface area contributed by atoms with Crippen molar-refractivity contribution in [1.29, 1.82) is 0 Å². The molecule has 2 aromatic carbocycles. The first-order valence-electron chi connectivity index (χ1n) is 9.17. The molecule has 0 amide bonds. The highest BCUT2D eigenvalue weighted by atomic mass is 35.5. The normalized spacial score (nSPS) is 17.1. The van der Waals surface area contributed by atoms with Crippen molar-refractivity contribution in [1.82, 2.24) is 9.62 Å². The van der Waals surface area contributed by atoms with E-state index in [1.54, 1.807) is 25.1 Å². The topological polar surface area (TPSA) is 52.7 Å². The number of rotatable bonds is 6. The molecule has 1 aliphatic heterocycles. The van der Waals surface area contributed by atoms with E-state index in [0.29, 0.717) is 17.1 Å². The molecule has 7 heteroatoms. The van der Waals surface area contributed by atoms with Crippen LogP contribution in [0.15, 0.2) is 53.4 Å². The van der Waals surface area contributed by atoms with Crippen LogP contribution >= 0.6 is 11.6 Å². The summed E-state index contributed by atoms with van der Waals surface area (Å²) in [5.74, 6) is 0. The van der Waals surface area contributed by atoms with Crippen LogP contribution in [0.3, 0.4) is 0 Å². The van der Waals surface area contributed by atoms with Gasteiger partial charge in [0.15, 0.2) is 0 Å². The van der Waals surface area contributed by atoms with Crippen LogP contribution in [0, 0.1) is 6.92 Å². The van der Waals surface area contributed by atoms with E-state index < -0.39 is 10.0 Å². The lowest BCUT2D eigenvalue weighted by Crippen LogP contribution is -2.52. The molecule has 1 saturated heterocycles. The van der Waals surface area contributed by atoms with Gasteiger partial charge in [0.25, 0.3) is 0 Å². The summed E-state index contributed by atoms with van der Waals surface area (Å²) in [7, 11) is -3.57. The number of benzene rings is 2. The van der Waals surface area contributed by atoms with Gasteiger partial charge in [-0.05, 0) is 43.7 Å². The van der Waals surface area contributed by atoms with Crippen LogP contribution in [0.2, 0.25) is 5.02 Å². The van der Waals surface area contributed by atoms with Gasteiger partial charge in [-0.25, -0.2) is 13.1 Å². The van der Waals surface area contributed by atoms with Crippen molar-refractivity contribution in [2.45, 2.75) is 24.8 Å². The summed E-state index contributed by atoms with van der Waals surface area (Å²) in [4.78, 5) is 4.94. The summed E-state index contributed by atoms with van der Waals surface area (Å²) in [6.07, 6.45) is 0. The Kier molecular flexibility index (Phi) is 6.42. The van der Waals surface area contributed by atoms with E-state index in [2.05, 4.69) is 45.7 Å². The largest absolute Gasteiger partial charge is 0.369 e. The predicted molar refractivity (Wildman–Crippen MR) is 111 cm³/mol. The lowest BCUT2D eigenvalue weighted by molar-refractivity contribution is 0.198. The van der Waals surface area contributed by atoms with Gasteiger partial charge in [0.05, 0.1) is 4.90 Å². The number of nitrogens with one attached hydrogen (secondary N) is 1. The predicted octanol–water partition coefficient (Wildman–Crippen LogP) is 3.14. The molecule has 0 bridgehead atoms. The number of hydrogen-bond donors (Lipinski definition) is 1. The van der Waals surface area contributed by atoms with Crippen LogP contribution in [0.25, 0.3) is 0 Å². The van der Waals surface area contributed by atoms with Gasteiger partial charge < -0.3 is 4.90 Å². The zero-order chi connectivity index (χ0) is 19.4. The molecule has 0 radical (unpaired) electrons. The van der Waals surface area contributed by atoms with Gasteiger partial charge in [0.2, 0.25) is 10.0 Å². The Morgan fingerprint density at radius 2 is 1.70 bits per heavy atom. The molecule has 27 heavy (non-hydrogen) atoms. The lowest BCUT2D eigenvalue weighted by atomic mass is 10.2. The van der Waals surface area contributed by atoms with E-state index in [1.165, 1.54) is 5.69 Å². The quantitative estimate of drug-likeness (QED) is 0.799. The molecule has 2 aromatic rings. The minimum absolute atomic E-state index is 0.122. The summed E-state index contributed by atoms with van der Waals surface area (Å²) >= 11 is 6.06. The number of halogens is 1. The zero-order valence-corrected chi connectivity index (χ0v) is 17.3. The molecule has 1 heterocycles. The van der Waals surface area contributed by atoms with Crippen LogP contribution in [-0.2, 0) is 10.0 Å². The van der Waals surface area contributed by atoms with Gasteiger partial charge in [0, 0.05) is 49.5 Å². The molecule has 5 nitrogen and oxygen atoms in total. The number of nitrogens with zero attached hydrogens (tertiary/aromatic N) is 2. The van der Waals surface area contributed by atoms with Crippen LogP contribution in [0.4, 0.5) is 5.69 Å². The number of para-hydroxylation sites is 1. The standard InChI is InChI=1S/C20H26ClN3O2S/c1-16(15-22-27(25,26)20-10-6-9-19(21)17(20)2)23-11-13-24(14-12-23)18-7-4-3-5-8-18/h3-10,16,22H,11-15H2,1-2H3. The Balaban J connectivity index is 1.55. The maximum Gasteiger partial charge on any atom is 0.240 e. The fourth-order valence-corrected chi connectivity index (χ4v) is 4.99. The first-order chi connectivity index (χ1) is 12.9. The van der Waals surface area contributed by atoms with Gasteiger partial charge in [-0.3, -0.25) is 4.90 Å². The third kappa shape index (κ3) is 4.82. The second kappa shape index (κ2) is 8.61. The average Bonchev–Trinajstić information content (AvgIpc) is 2.69. The van der Waals surface area contributed by atoms with Crippen molar-refractivity contribution in [3.63, 3.8) is 0 Å². The Morgan fingerprint density at radius 3 is 2.37 bits per heavy atom. The molecule has 1 fully saturated rings. The van der Waals surface area contributed by atoms with Crippen molar-refractivity contribution in [3.8, 4) is 0 Å². The van der Waals surface area contributed by atoms with E-state index in [4.69, 9.17) is 11.6 Å². The fourth-order valence-electron chi connectivity index (χ4n) is 3.38. The highest BCUT2D eigenvalue weighted by molar-refractivity contribution is 7.89. The van der Waals surface area contributed by atoms with Crippen LogP contribution < -0.4 is 9.62 Å². The Bertz CT molecular complexity index is 866. The lowest BCUT2D eigenvalue weighted by Gasteiger charge is -2.39. The van der Waals surface area contributed by atoms with Crippen LogP contribution in [0.1, 0.15) is 12.5 Å². The zero-order valence-electron chi connectivity index (χ0n) is 15.7. The minimum Gasteiger partial charge on any atom is -0.369 e. The second-order valence-electron chi connectivity index (χ2n) is 6.92. The first-order valence-corrected chi connectivity index (χ1v) is 11.0. The van der Waals surface area contributed by atoms with Crippen molar-refractivity contribution in [2.75, 3.05) is 37.6 Å². The monoisotopic (exact) mass is 407 g/mol. The highest BCUT2D eigenvalue weighted by Gasteiger charge is 2.24. The van der Waals surface area contributed by atoms with E-state index in [1.807, 2.05) is 6.07 Å². The molecule has 3 rings (SSSR count). The number of hydrogen-bond acceptors (Lipinski definition) is 4. The number of piperazine rings is 1. The van der Waals surface area contributed by atoms with Gasteiger partial charge in [0.1, 0.15) is 0 Å². The maximum atomic E-state index is 12.6. The molecule has 1 unspecified atom stereocenters. The van der Waals surface area contributed by atoms with Crippen molar-refractivity contribution < 1.29 is 8.42 Å². The van der Waals surface area contributed by atoms with Gasteiger partial charge in [-0.1, -0.05) is 35.9 Å². The Labute approximate surface area is 167 Å². The molecular weight excluding hydrogens is 382 g/mol. The van der Waals surface area contributed by atoms with Crippen molar-refractivity contribution >= 4 is 27.3 Å². The third-order valence-corrected chi connectivity index (χ3v) is 7.11. The maximum absolute atomic E-state index is 12.6. The molecule has 146 valence electrons. The van der Waals surface area contributed by atoms with Crippen molar-refractivity contribution in [3.05, 3.63) is 59.1 Å². The average molecular weight is 408 g/mol. The SMILES string of the molecule is Cc1c(Cl)cccc1S(=O)(=O)NCC(C)N1CCN(c2ccccc2)CC1. The van der Waals surface area contributed by atoms with Gasteiger partial charge in [-0.2, -0.15) is 0 Å². The molecule has 1 aliphatic rings. The fraction of sp³-hybridized carbons (Fsp3) is 0.400. The molecule has 0 aromatic heterocycles. The molecule has 0 aliphatic carbocycles. The van der Waals surface area contributed by atoms with Gasteiger partial charge >= 0.3 is 0 Å². The summed E-state index contributed by atoms with van der Waals surface area (Å²) < 4.78 is 28.0. The summed E-state index contributed by atoms with van der Waals surface area (Å²) in [6.45, 7) is 7.86. The highest BCUT2D eigenvalue weighted by Crippen LogP contribution is 2.22. The molecule has 1 atom stereocenters. The molecule has 0 spiro atoms. The first kappa shape index (κ1) is 20.1. The Morgan fingerprint density at radius 1 is 1.04 bits per heavy atom. The molecule has 0 saturated carbocycles. The van der Waals surface area contributed by atoms with Crippen molar-refractivity contribution in [2.24, 2.45) is 0 Å². The molecular formula is C20H26ClN3O2S. The summed E-state index contributed by atoms with van der Waals surface area (Å²) in [5, 5.41) is 0.461. The number of sulfonamides is 1. The minimum atomic E-state index is -3.57. The van der Waals surface area contributed by atoms with E-state index >= 15 is 0 Å². The van der Waals surface area contributed by atoms with E-state index in [-0.39, 0.29) is 10.9 Å². The Hall–Kier alpha value is -1.60. The van der Waals surface area contributed by atoms with Crippen LogP contribution in [-0.4, -0.2) is 52.1 Å². The summed E-state index contributed by atoms with van der Waals surface area (Å²) in [6, 6.07) is 15.5. The van der Waals surface area contributed by atoms with E-state index in [9.17, 15) is 8.42 Å². The second-order valence-corrected chi connectivity index (χ2v) is 9.07. The molecule has 1 N–H and O–H groups in total. The van der Waals surface area contributed by atoms with E-state index in [0.717, 1.165) is 26.2 Å². The number of anilines is 1. The third-order valence-electron chi connectivity index (χ3n) is 5.14. The van der Waals surface area contributed by atoms with Gasteiger partial charge in [-0.15, -0.1) is 0 Å². The van der Waals surface area contributed by atoms with Crippen LogP contribution in [0.5, 0.6) is 0 Å².